The third kappa shape index (κ3) is 2.23. The summed E-state index contributed by atoms with van der Waals surface area (Å²) in [5.41, 5.74) is 7.34. The summed E-state index contributed by atoms with van der Waals surface area (Å²) < 4.78 is 1.53. The van der Waals surface area contributed by atoms with Gasteiger partial charge in [-0.1, -0.05) is 18.2 Å². The molecule has 4 heteroatoms. The van der Waals surface area contributed by atoms with E-state index in [9.17, 15) is 4.79 Å². The Kier molecular flexibility index (Phi) is 2.92. The van der Waals surface area contributed by atoms with Crippen LogP contribution in [-0.4, -0.2) is 15.8 Å². The van der Waals surface area contributed by atoms with Crippen molar-refractivity contribution in [2.24, 2.45) is 5.73 Å². The van der Waals surface area contributed by atoms with Gasteiger partial charge in [-0.3, -0.25) is 9.89 Å². The monoisotopic (exact) mass is 217 g/mol. The van der Waals surface area contributed by atoms with E-state index in [0.717, 1.165) is 11.4 Å². The highest BCUT2D eigenvalue weighted by atomic mass is 16.1. The van der Waals surface area contributed by atoms with Gasteiger partial charge in [-0.15, -0.1) is 0 Å². The molecule has 0 radical (unpaired) electrons. The maximum absolute atomic E-state index is 11.7. The standard InChI is InChI=1S/C12H15N3O/c1-9(13)7-10-8-12(16)15(14-10)11-5-3-2-4-6-11/h2-6,8-9,14H,7,13H2,1H3. The molecule has 1 aromatic carbocycles. The summed E-state index contributed by atoms with van der Waals surface area (Å²) >= 11 is 0. The van der Waals surface area contributed by atoms with Crippen LogP contribution in [0.3, 0.4) is 0 Å². The second-order valence-electron chi connectivity index (χ2n) is 3.97. The van der Waals surface area contributed by atoms with Crippen molar-refractivity contribution in [3.05, 3.63) is 52.4 Å². The average Bonchev–Trinajstić information content (AvgIpc) is 2.60. The molecule has 0 aliphatic heterocycles. The number of aromatic amines is 1. The van der Waals surface area contributed by atoms with Gasteiger partial charge in [0, 0.05) is 24.2 Å². The maximum Gasteiger partial charge on any atom is 0.271 e. The zero-order chi connectivity index (χ0) is 11.5. The molecule has 2 aromatic rings. The molecular formula is C12H15N3O. The van der Waals surface area contributed by atoms with Crippen LogP contribution in [0.1, 0.15) is 12.6 Å². The molecule has 1 unspecified atom stereocenters. The van der Waals surface area contributed by atoms with Crippen molar-refractivity contribution in [2.45, 2.75) is 19.4 Å². The van der Waals surface area contributed by atoms with E-state index in [1.54, 1.807) is 6.07 Å². The zero-order valence-corrected chi connectivity index (χ0v) is 9.18. The molecule has 0 saturated carbocycles. The molecule has 1 heterocycles. The van der Waals surface area contributed by atoms with Crippen molar-refractivity contribution in [1.29, 1.82) is 0 Å². The summed E-state index contributed by atoms with van der Waals surface area (Å²) in [5.74, 6) is 0. The van der Waals surface area contributed by atoms with Gasteiger partial charge < -0.3 is 5.73 Å². The number of para-hydroxylation sites is 1. The zero-order valence-electron chi connectivity index (χ0n) is 9.18. The van der Waals surface area contributed by atoms with E-state index in [0.29, 0.717) is 6.42 Å². The molecule has 0 bridgehead atoms. The number of H-pyrrole nitrogens is 1. The van der Waals surface area contributed by atoms with Gasteiger partial charge in [0.05, 0.1) is 5.69 Å². The van der Waals surface area contributed by atoms with Crippen molar-refractivity contribution in [2.75, 3.05) is 0 Å². The summed E-state index contributed by atoms with van der Waals surface area (Å²) in [6, 6.07) is 11.1. The van der Waals surface area contributed by atoms with E-state index in [2.05, 4.69) is 5.10 Å². The Morgan fingerprint density at radius 3 is 2.69 bits per heavy atom. The number of nitrogens with one attached hydrogen (secondary N) is 1. The SMILES string of the molecule is CC(N)Cc1cc(=O)n(-c2ccccc2)[nH]1. The van der Waals surface area contributed by atoms with Crippen molar-refractivity contribution < 1.29 is 0 Å². The lowest BCUT2D eigenvalue weighted by Gasteiger charge is -2.03. The Labute approximate surface area is 93.7 Å². The third-order valence-corrected chi connectivity index (χ3v) is 2.33. The lowest BCUT2D eigenvalue weighted by atomic mass is 10.2. The number of nitrogens with two attached hydrogens (primary N) is 1. The fraction of sp³-hybridized carbons (Fsp3) is 0.250. The Balaban J connectivity index is 2.36. The summed E-state index contributed by atoms with van der Waals surface area (Å²) in [6.45, 7) is 1.91. The molecule has 4 nitrogen and oxygen atoms in total. The average molecular weight is 217 g/mol. The van der Waals surface area contributed by atoms with E-state index in [4.69, 9.17) is 5.73 Å². The second kappa shape index (κ2) is 4.37. The summed E-state index contributed by atoms with van der Waals surface area (Å²) in [4.78, 5) is 11.7. The van der Waals surface area contributed by atoms with Gasteiger partial charge in [0.25, 0.3) is 5.56 Å². The number of hydrogen-bond donors (Lipinski definition) is 2. The van der Waals surface area contributed by atoms with Crippen molar-refractivity contribution >= 4 is 0 Å². The number of nitrogens with zero attached hydrogens (tertiary/aromatic N) is 1. The van der Waals surface area contributed by atoms with Crippen LogP contribution in [0.4, 0.5) is 0 Å². The fourth-order valence-electron chi connectivity index (χ4n) is 1.66. The Morgan fingerprint density at radius 1 is 1.38 bits per heavy atom. The lowest BCUT2D eigenvalue weighted by Crippen LogP contribution is -2.18. The molecule has 0 saturated heterocycles. The van der Waals surface area contributed by atoms with Gasteiger partial charge in [0.2, 0.25) is 0 Å². The van der Waals surface area contributed by atoms with Gasteiger partial charge in [0.15, 0.2) is 0 Å². The molecule has 3 N–H and O–H groups in total. The van der Waals surface area contributed by atoms with E-state index < -0.39 is 0 Å². The molecule has 2 rings (SSSR count). The van der Waals surface area contributed by atoms with Gasteiger partial charge in [-0.05, 0) is 19.1 Å². The number of rotatable bonds is 3. The second-order valence-corrected chi connectivity index (χ2v) is 3.97. The third-order valence-electron chi connectivity index (χ3n) is 2.33. The molecular weight excluding hydrogens is 202 g/mol. The van der Waals surface area contributed by atoms with Crippen LogP contribution >= 0.6 is 0 Å². The molecule has 84 valence electrons. The summed E-state index contributed by atoms with van der Waals surface area (Å²) in [5, 5.41) is 3.05. The minimum atomic E-state index is -0.0538. The van der Waals surface area contributed by atoms with E-state index in [1.807, 2.05) is 37.3 Å². The molecule has 0 aliphatic rings. The molecule has 0 spiro atoms. The lowest BCUT2D eigenvalue weighted by molar-refractivity contribution is 0.705. The maximum atomic E-state index is 11.7. The Hall–Kier alpha value is -1.81. The molecule has 0 fully saturated rings. The highest BCUT2D eigenvalue weighted by molar-refractivity contribution is 5.30. The minimum absolute atomic E-state index is 0.0438. The van der Waals surface area contributed by atoms with Crippen LogP contribution in [0.15, 0.2) is 41.2 Å². The van der Waals surface area contributed by atoms with Gasteiger partial charge >= 0.3 is 0 Å². The van der Waals surface area contributed by atoms with Crippen molar-refractivity contribution in [3.63, 3.8) is 0 Å². The van der Waals surface area contributed by atoms with Crippen molar-refractivity contribution in [3.8, 4) is 5.69 Å². The summed E-state index contributed by atoms with van der Waals surface area (Å²) in [6.07, 6.45) is 0.676. The highest BCUT2D eigenvalue weighted by Gasteiger charge is 2.05. The predicted molar refractivity (Wildman–Crippen MR) is 63.7 cm³/mol. The van der Waals surface area contributed by atoms with Gasteiger partial charge in [-0.2, -0.15) is 0 Å². The smallest absolute Gasteiger partial charge is 0.271 e. The molecule has 0 aliphatic carbocycles. The predicted octanol–water partition coefficient (Wildman–Crippen LogP) is 1.06. The van der Waals surface area contributed by atoms with Crippen LogP contribution in [0.5, 0.6) is 0 Å². The first kappa shape index (κ1) is 10.7. The van der Waals surface area contributed by atoms with Crippen LogP contribution < -0.4 is 11.3 Å². The van der Waals surface area contributed by atoms with E-state index in [1.165, 1.54) is 4.68 Å². The normalized spacial score (nSPS) is 12.6. The summed E-state index contributed by atoms with van der Waals surface area (Å²) in [7, 11) is 0. The highest BCUT2D eigenvalue weighted by Crippen LogP contribution is 2.04. The van der Waals surface area contributed by atoms with E-state index >= 15 is 0 Å². The molecule has 1 aromatic heterocycles. The van der Waals surface area contributed by atoms with Crippen molar-refractivity contribution in [1.82, 2.24) is 9.78 Å². The number of benzene rings is 1. The number of hydrogen-bond acceptors (Lipinski definition) is 2. The minimum Gasteiger partial charge on any atom is -0.328 e. The van der Waals surface area contributed by atoms with Crippen LogP contribution in [-0.2, 0) is 6.42 Å². The Bertz CT molecular complexity index is 511. The van der Waals surface area contributed by atoms with E-state index in [-0.39, 0.29) is 11.6 Å². The molecule has 16 heavy (non-hydrogen) atoms. The Morgan fingerprint density at radius 2 is 2.06 bits per heavy atom. The first-order chi connectivity index (χ1) is 7.66. The van der Waals surface area contributed by atoms with Crippen LogP contribution in [0, 0.1) is 0 Å². The first-order valence-corrected chi connectivity index (χ1v) is 5.29. The number of aromatic nitrogens is 2. The quantitative estimate of drug-likeness (QED) is 0.807. The fourth-order valence-corrected chi connectivity index (χ4v) is 1.66. The van der Waals surface area contributed by atoms with Gasteiger partial charge in [-0.25, -0.2) is 4.68 Å². The van der Waals surface area contributed by atoms with Gasteiger partial charge in [0.1, 0.15) is 0 Å². The topological polar surface area (TPSA) is 63.8 Å². The first-order valence-electron chi connectivity index (χ1n) is 5.29. The molecule has 0 amide bonds. The molecule has 1 atom stereocenters. The van der Waals surface area contributed by atoms with Crippen LogP contribution in [0.2, 0.25) is 0 Å². The largest absolute Gasteiger partial charge is 0.328 e. The van der Waals surface area contributed by atoms with Crippen LogP contribution in [0.25, 0.3) is 5.69 Å².